The van der Waals surface area contributed by atoms with Gasteiger partial charge in [0.15, 0.2) is 0 Å². The first-order valence-corrected chi connectivity index (χ1v) is 6.31. The van der Waals surface area contributed by atoms with E-state index in [1.165, 1.54) is 0 Å². The van der Waals surface area contributed by atoms with E-state index in [1.807, 2.05) is 6.92 Å². The highest BCUT2D eigenvalue weighted by Crippen LogP contribution is 2.39. The van der Waals surface area contributed by atoms with Crippen molar-refractivity contribution in [2.24, 2.45) is 0 Å². The molecule has 4 heteroatoms. The molecule has 3 unspecified atom stereocenters. The van der Waals surface area contributed by atoms with E-state index in [9.17, 15) is 8.42 Å². The molecule has 0 spiro atoms. The van der Waals surface area contributed by atoms with Crippen LogP contribution in [0.1, 0.15) is 34.1 Å². The Morgan fingerprint density at radius 1 is 1.43 bits per heavy atom. The summed E-state index contributed by atoms with van der Waals surface area (Å²) in [6, 6.07) is 0.272. The maximum atomic E-state index is 12.0. The number of sulfonamides is 1. The highest BCUT2D eigenvalue weighted by molar-refractivity contribution is 7.90. The van der Waals surface area contributed by atoms with Crippen LogP contribution in [0.5, 0.6) is 0 Å². The van der Waals surface area contributed by atoms with Crippen LogP contribution < -0.4 is 0 Å². The molecule has 1 fully saturated rings. The lowest BCUT2D eigenvalue weighted by Crippen LogP contribution is -2.34. The van der Waals surface area contributed by atoms with E-state index < -0.39 is 14.8 Å². The van der Waals surface area contributed by atoms with Crippen molar-refractivity contribution in [2.45, 2.75) is 50.9 Å². The molecule has 0 amide bonds. The SMILES string of the molecule is C=CCC1C(C)N1S(=O)(=O)C(C)(C)C. The largest absolute Gasteiger partial charge is 0.219 e. The fourth-order valence-electron chi connectivity index (χ4n) is 1.57. The minimum atomic E-state index is -3.14. The van der Waals surface area contributed by atoms with Gasteiger partial charge in [0.05, 0.1) is 4.75 Å². The highest BCUT2D eigenvalue weighted by atomic mass is 32.2. The number of hydrogen-bond donors (Lipinski definition) is 0. The molecular weight excluding hydrogens is 198 g/mol. The molecule has 0 aromatic rings. The quantitative estimate of drug-likeness (QED) is 0.533. The molecule has 3 atom stereocenters. The standard InChI is InChI=1S/C10H19NO2S/c1-6-7-9-8(2)11(9)14(12,13)10(3,4)5/h6,8-9H,1,7H2,2-5H3. The number of nitrogens with zero attached hydrogens (tertiary/aromatic N) is 1. The van der Waals surface area contributed by atoms with Gasteiger partial charge in [-0.2, -0.15) is 4.31 Å². The third-order valence-corrected chi connectivity index (χ3v) is 5.36. The molecule has 1 rings (SSSR count). The van der Waals surface area contributed by atoms with Crippen LogP contribution in [0.2, 0.25) is 0 Å². The molecule has 0 aromatic carbocycles. The second kappa shape index (κ2) is 3.35. The third kappa shape index (κ3) is 1.73. The first-order valence-electron chi connectivity index (χ1n) is 4.87. The second-order valence-corrected chi connectivity index (χ2v) is 7.38. The molecule has 0 N–H and O–H groups in total. The second-order valence-electron chi connectivity index (χ2n) is 4.78. The Kier molecular flexibility index (Phi) is 2.80. The van der Waals surface area contributed by atoms with Crippen LogP contribution in [0.4, 0.5) is 0 Å². The van der Waals surface area contributed by atoms with Gasteiger partial charge in [-0.25, -0.2) is 8.42 Å². The van der Waals surface area contributed by atoms with Crippen molar-refractivity contribution < 1.29 is 8.42 Å². The Bertz CT molecular complexity index is 327. The van der Waals surface area contributed by atoms with Gasteiger partial charge in [-0.15, -0.1) is 6.58 Å². The minimum absolute atomic E-state index is 0.136. The van der Waals surface area contributed by atoms with Crippen LogP contribution in [-0.2, 0) is 10.0 Å². The first kappa shape index (κ1) is 11.7. The van der Waals surface area contributed by atoms with Gasteiger partial charge in [0.2, 0.25) is 10.0 Å². The third-order valence-electron chi connectivity index (χ3n) is 2.65. The molecule has 0 bridgehead atoms. The Morgan fingerprint density at radius 2 is 1.93 bits per heavy atom. The zero-order valence-electron chi connectivity index (χ0n) is 9.32. The van der Waals surface area contributed by atoms with Gasteiger partial charge in [-0.05, 0) is 34.1 Å². The van der Waals surface area contributed by atoms with Crippen LogP contribution in [0.25, 0.3) is 0 Å². The van der Waals surface area contributed by atoms with Gasteiger partial charge >= 0.3 is 0 Å². The molecule has 0 saturated carbocycles. The van der Waals surface area contributed by atoms with Crippen LogP contribution in [0, 0.1) is 0 Å². The predicted octanol–water partition coefficient (Wildman–Crippen LogP) is 1.76. The Hall–Kier alpha value is -0.350. The molecule has 0 aliphatic carbocycles. The number of hydrogen-bond acceptors (Lipinski definition) is 2. The molecular formula is C10H19NO2S. The molecule has 1 aliphatic heterocycles. The summed E-state index contributed by atoms with van der Waals surface area (Å²) in [5.74, 6) is 0. The van der Waals surface area contributed by atoms with E-state index in [1.54, 1.807) is 31.2 Å². The van der Waals surface area contributed by atoms with Gasteiger partial charge in [-0.1, -0.05) is 6.08 Å². The van der Waals surface area contributed by atoms with Crippen molar-refractivity contribution in [3.8, 4) is 0 Å². The van der Waals surface area contributed by atoms with E-state index in [0.29, 0.717) is 0 Å². The lowest BCUT2D eigenvalue weighted by Gasteiger charge is -2.20. The molecule has 1 saturated heterocycles. The fraction of sp³-hybridized carbons (Fsp3) is 0.800. The Balaban J connectivity index is 2.84. The lowest BCUT2D eigenvalue weighted by molar-refractivity contribution is 0.511. The van der Waals surface area contributed by atoms with Crippen molar-refractivity contribution in [3.63, 3.8) is 0 Å². The smallest absolute Gasteiger partial charge is 0.212 e. The summed E-state index contributed by atoms with van der Waals surface area (Å²) in [7, 11) is -3.14. The molecule has 1 aliphatic rings. The normalized spacial score (nSPS) is 32.7. The van der Waals surface area contributed by atoms with Crippen molar-refractivity contribution in [1.29, 1.82) is 0 Å². The van der Waals surface area contributed by atoms with E-state index in [4.69, 9.17) is 0 Å². The molecule has 1 heterocycles. The summed E-state index contributed by atoms with van der Waals surface area (Å²) in [4.78, 5) is 0. The summed E-state index contributed by atoms with van der Waals surface area (Å²) in [6.45, 7) is 10.8. The average molecular weight is 217 g/mol. The monoisotopic (exact) mass is 217 g/mol. The van der Waals surface area contributed by atoms with Gasteiger partial charge in [-0.3, -0.25) is 0 Å². The molecule has 0 aromatic heterocycles. The van der Waals surface area contributed by atoms with E-state index >= 15 is 0 Å². The molecule has 82 valence electrons. The van der Waals surface area contributed by atoms with E-state index in [0.717, 1.165) is 6.42 Å². The van der Waals surface area contributed by atoms with Gasteiger partial charge in [0.1, 0.15) is 0 Å². The average Bonchev–Trinajstić information content (AvgIpc) is 2.60. The Labute approximate surface area is 86.8 Å². The number of rotatable bonds is 3. The summed E-state index contributed by atoms with van der Waals surface area (Å²) < 4.78 is 24.9. The van der Waals surface area contributed by atoms with Crippen LogP contribution in [0.3, 0.4) is 0 Å². The summed E-state index contributed by atoms with van der Waals surface area (Å²) >= 11 is 0. The topological polar surface area (TPSA) is 37.1 Å². The zero-order chi connectivity index (χ0) is 11.1. The zero-order valence-corrected chi connectivity index (χ0v) is 10.1. The summed E-state index contributed by atoms with van der Waals surface area (Å²) in [5, 5.41) is 0. The van der Waals surface area contributed by atoms with Crippen LogP contribution in [-0.4, -0.2) is 29.6 Å². The summed E-state index contributed by atoms with van der Waals surface area (Å²) in [6.07, 6.45) is 2.52. The van der Waals surface area contributed by atoms with Crippen molar-refractivity contribution in [2.75, 3.05) is 0 Å². The van der Waals surface area contributed by atoms with Gasteiger partial charge < -0.3 is 0 Å². The van der Waals surface area contributed by atoms with E-state index in [-0.39, 0.29) is 12.1 Å². The predicted molar refractivity (Wildman–Crippen MR) is 58.6 cm³/mol. The van der Waals surface area contributed by atoms with Crippen molar-refractivity contribution in [1.82, 2.24) is 4.31 Å². The fourth-order valence-corrected chi connectivity index (χ4v) is 3.34. The minimum Gasteiger partial charge on any atom is -0.212 e. The Morgan fingerprint density at radius 3 is 2.29 bits per heavy atom. The molecule has 3 nitrogen and oxygen atoms in total. The van der Waals surface area contributed by atoms with E-state index in [2.05, 4.69) is 6.58 Å². The first-order chi connectivity index (χ1) is 6.23. The van der Waals surface area contributed by atoms with Crippen molar-refractivity contribution >= 4 is 10.0 Å². The molecule has 0 radical (unpaired) electrons. The van der Waals surface area contributed by atoms with Crippen LogP contribution in [0.15, 0.2) is 12.7 Å². The molecule has 14 heavy (non-hydrogen) atoms. The van der Waals surface area contributed by atoms with Crippen molar-refractivity contribution in [3.05, 3.63) is 12.7 Å². The van der Waals surface area contributed by atoms with Gasteiger partial charge in [0.25, 0.3) is 0 Å². The maximum Gasteiger partial charge on any atom is 0.219 e. The maximum absolute atomic E-state index is 12.0. The highest BCUT2D eigenvalue weighted by Gasteiger charge is 2.54. The summed E-state index contributed by atoms with van der Waals surface area (Å²) in [5.41, 5.74) is 0. The van der Waals surface area contributed by atoms with Gasteiger partial charge in [0, 0.05) is 12.1 Å². The van der Waals surface area contributed by atoms with Crippen LogP contribution >= 0.6 is 0 Å². The lowest BCUT2D eigenvalue weighted by atomic mass is 10.2.